The van der Waals surface area contributed by atoms with Gasteiger partial charge in [-0.3, -0.25) is 0 Å². The van der Waals surface area contributed by atoms with Gasteiger partial charge in [0, 0.05) is 19.2 Å². The highest BCUT2D eigenvalue weighted by Gasteiger charge is 2.23. The smallest absolute Gasteiger partial charge is 0.243 e. The van der Waals surface area contributed by atoms with Gasteiger partial charge < -0.3 is 4.42 Å². The first-order valence-corrected chi connectivity index (χ1v) is 7.93. The van der Waals surface area contributed by atoms with Crippen molar-refractivity contribution in [2.45, 2.75) is 32.2 Å². The van der Waals surface area contributed by atoms with Crippen molar-refractivity contribution in [2.75, 3.05) is 7.05 Å². The Morgan fingerprint density at radius 2 is 1.76 bits per heavy atom. The van der Waals surface area contributed by atoms with Crippen LogP contribution in [0.25, 0.3) is 0 Å². The van der Waals surface area contributed by atoms with Crippen molar-refractivity contribution in [3.05, 3.63) is 52.7 Å². The Balaban J connectivity index is 2.35. The molecule has 1 aromatic carbocycles. The van der Waals surface area contributed by atoms with Crippen LogP contribution in [0, 0.1) is 26.6 Å². The highest BCUT2D eigenvalue weighted by molar-refractivity contribution is 7.89. The van der Waals surface area contributed by atoms with Crippen molar-refractivity contribution in [1.82, 2.24) is 4.31 Å². The van der Waals surface area contributed by atoms with Crippen molar-refractivity contribution >= 4 is 10.0 Å². The maximum Gasteiger partial charge on any atom is 0.243 e. The van der Waals surface area contributed by atoms with Crippen LogP contribution in [0.15, 0.2) is 33.8 Å². The number of hydrogen-bond acceptors (Lipinski definition) is 3. The number of rotatable bonds is 4. The lowest BCUT2D eigenvalue weighted by atomic mass is 10.1. The van der Waals surface area contributed by atoms with Crippen LogP contribution in [0.2, 0.25) is 0 Å². The third-order valence-electron chi connectivity index (χ3n) is 3.48. The van der Waals surface area contributed by atoms with Crippen LogP contribution in [0.4, 0.5) is 4.39 Å². The van der Waals surface area contributed by atoms with Crippen LogP contribution < -0.4 is 0 Å². The van der Waals surface area contributed by atoms with Gasteiger partial charge in [0.15, 0.2) is 0 Å². The first-order chi connectivity index (χ1) is 9.73. The molecule has 2 aromatic rings. The molecule has 0 N–H and O–H groups in total. The molecule has 21 heavy (non-hydrogen) atoms. The van der Waals surface area contributed by atoms with E-state index in [0.29, 0.717) is 16.9 Å². The average molecular weight is 311 g/mol. The Kier molecular flexibility index (Phi) is 4.20. The van der Waals surface area contributed by atoms with Gasteiger partial charge in [0.2, 0.25) is 10.0 Å². The minimum Gasteiger partial charge on any atom is -0.469 e. The number of sulfonamides is 1. The molecule has 0 aliphatic rings. The normalized spacial score (nSPS) is 12.1. The van der Waals surface area contributed by atoms with Gasteiger partial charge in [0.05, 0.1) is 11.2 Å². The summed E-state index contributed by atoms with van der Waals surface area (Å²) in [7, 11) is -2.17. The molecule has 0 amide bonds. The second-order valence-electron chi connectivity index (χ2n) is 5.13. The summed E-state index contributed by atoms with van der Waals surface area (Å²) in [6.45, 7) is 5.10. The fourth-order valence-corrected chi connectivity index (χ4v) is 3.46. The van der Waals surface area contributed by atoms with E-state index in [4.69, 9.17) is 4.42 Å². The number of aryl methyl sites for hydroxylation is 3. The van der Waals surface area contributed by atoms with E-state index in [-0.39, 0.29) is 17.3 Å². The van der Waals surface area contributed by atoms with E-state index in [2.05, 4.69) is 0 Å². The van der Waals surface area contributed by atoms with Gasteiger partial charge in [0.25, 0.3) is 0 Å². The van der Waals surface area contributed by atoms with Crippen molar-refractivity contribution in [3.8, 4) is 0 Å². The number of hydrogen-bond donors (Lipinski definition) is 0. The summed E-state index contributed by atoms with van der Waals surface area (Å²) in [5.41, 5.74) is 1.44. The predicted molar refractivity (Wildman–Crippen MR) is 78.0 cm³/mol. The van der Waals surface area contributed by atoms with Crippen molar-refractivity contribution < 1.29 is 17.2 Å². The Labute approximate surface area is 124 Å². The Morgan fingerprint density at radius 3 is 2.24 bits per heavy atom. The summed E-state index contributed by atoms with van der Waals surface area (Å²) in [5, 5.41) is 0. The molecule has 2 rings (SSSR count). The monoisotopic (exact) mass is 311 g/mol. The maximum absolute atomic E-state index is 13.6. The molecule has 0 saturated heterocycles. The van der Waals surface area contributed by atoms with Crippen molar-refractivity contribution in [2.24, 2.45) is 0 Å². The van der Waals surface area contributed by atoms with Gasteiger partial charge in [-0.2, -0.15) is 4.31 Å². The molecule has 0 unspecified atom stereocenters. The van der Waals surface area contributed by atoms with Gasteiger partial charge in [-0.15, -0.1) is 0 Å². The van der Waals surface area contributed by atoms with Crippen molar-refractivity contribution in [1.29, 1.82) is 0 Å². The lowest BCUT2D eigenvalue weighted by molar-refractivity contribution is 0.458. The molecule has 4 nitrogen and oxygen atoms in total. The molecule has 0 fully saturated rings. The summed E-state index contributed by atoms with van der Waals surface area (Å²) >= 11 is 0. The number of furan rings is 1. The predicted octanol–water partition coefficient (Wildman–Crippen LogP) is 3.16. The molecule has 114 valence electrons. The molecule has 0 atom stereocenters. The molecule has 0 aliphatic heterocycles. The number of benzene rings is 1. The van der Waals surface area contributed by atoms with Gasteiger partial charge in [-0.25, -0.2) is 12.8 Å². The van der Waals surface area contributed by atoms with E-state index >= 15 is 0 Å². The minimum absolute atomic E-state index is 0.0996. The lowest BCUT2D eigenvalue weighted by Crippen LogP contribution is -2.26. The fraction of sp³-hybridized carbons (Fsp3) is 0.333. The molecule has 1 aromatic heterocycles. The summed E-state index contributed by atoms with van der Waals surface area (Å²) in [6, 6.07) is 4.45. The SMILES string of the molecule is Cc1cc(S(=O)(=O)N(C)Cc2ccoc2C)cc(C)c1F. The Bertz CT molecular complexity index is 742. The van der Waals surface area contributed by atoms with Crippen LogP contribution in [0.1, 0.15) is 22.5 Å². The quantitative estimate of drug-likeness (QED) is 0.871. The van der Waals surface area contributed by atoms with Gasteiger partial charge in [-0.1, -0.05) is 0 Å². The van der Waals surface area contributed by atoms with Crippen LogP contribution in [-0.2, 0) is 16.6 Å². The standard InChI is InChI=1S/C15H18FNO3S/c1-10-7-14(8-11(2)15(10)16)21(18,19)17(4)9-13-5-6-20-12(13)3/h5-8H,9H2,1-4H3. The third kappa shape index (κ3) is 3.01. The van der Waals surface area contributed by atoms with E-state index in [1.54, 1.807) is 26.8 Å². The zero-order chi connectivity index (χ0) is 15.8. The highest BCUT2D eigenvalue weighted by Crippen LogP contribution is 2.23. The highest BCUT2D eigenvalue weighted by atomic mass is 32.2. The molecule has 6 heteroatoms. The van der Waals surface area contributed by atoms with E-state index in [9.17, 15) is 12.8 Å². The van der Waals surface area contributed by atoms with Gasteiger partial charge in [-0.05, 0) is 50.1 Å². The molecule has 0 radical (unpaired) electrons. The van der Waals surface area contributed by atoms with Gasteiger partial charge in [0.1, 0.15) is 11.6 Å². The summed E-state index contributed by atoms with van der Waals surface area (Å²) < 4.78 is 45.2. The minimum atomic E-state index is -3.67. The molecular formula is C15H18FNO3S. The third-order valence-corrected chi connectivity index (χ3v) is 5.26. The van der Waals surface area contributed by atoms with E-state index in [1.165, 1.54) is 29.7 Å². The molecule has 0 bridgehead atoms. The molecule has 0 spiro atoms. The molecule has 1 heterocycles. The lowest BCUT2D eigenvalue weighted by Gasteiger charge is -2.18. The summed E-state index contributed by atoms with van der Waals surface area (Å²) in [5.74, 6) is 0.311. The Morgan fingerprint density at radius 1 is 1.19 bits per heavy atom. The number of halogens is 1. The molecule has 0 aliphatic carbocycles. The van der Waals surface area contributed by atoms with E-state index < -0.39 is 10.0 Å². The van der Waals surface area contributed by atoms with Crippen molar-refractivity contribution in [3.63, 3.8) is 0 Å². The molecule has 0 saturated carbocycles. The fourth-order valence-electron chi connectivity index (χ4n) is 2.14. The van der Waals surface area contributed by atoms with Crippen LogP contribution in [0.5, 0.6) is 0 Å². The second kappa shape index (κ2) is 5.61. The topological polar surface area (TPSA) is 50.5 Å². The first kappa shape index (κ1) is 15.7. The van der Waals surface area contributed by atoms with Crippen LogP contribution in [-0.4, -0.2) is 19.8 Å². The van der Waals surface area contributed by atoms with Crippen LogP contribution in [0.3, 0.4) is 0 Å². The Hall–Kier alpha value is -1.66. The van der Waals surface area contributed by atoms with E-state index in [0.717, 1.165) is 5.56 Å². The second-order valence-corrected chi connectivity index (χ2v) is 7.18. The summed E-state index contributed by atoms with van der Waals surface area (Å²) in [6.07, 6.45) is 1.53. The summed E-state index contributed by atoms with van der Waals surface area (Å²) in [4.78, 5) is 0.0996. The largest absolute Gasteiger partial charge is 0.469 e. The number of nitrogens with zero attached hydrogens (tertiary/aromatic N) is 1. The van der Waals surface area contributed by atoms with Gasteiger partial charge >= 0.3 is 0 Å². The zero-order valence-electron chi connectivity index (χ0n) is 12.5. The first-order valence-electron chi connectivity index (χ1n) is 6.49. The molecular weight excluding hydrogens is 293 g/mol. The van der Waals surface area contributed by atoms with Crippen LogP contribution >= 0.6 is 0 Å². The zero-order valence-corrected chi connectivity index (χ0v) is 13.3. The maximum atomic E-state index is 13.6. The average Bonchev–Trinajstić information content (AvgIpc) is 2.80. The van der Waals surface area contributed by atoms with E-state index in [1.807, 2.05) is 0 Å².